The van der Waals surface area contributed by atoms with Gasteiger partial charge in [-0.25, -0.2) is 4.79 Å². The lowest BCUT2D eigenvalue weighted by atomic mass is 10.0. The van der Waals surface area contributed by atoms with Crippen LogP contribution in [-0.2, 0) is 0 Å². The van der Waals surface area contributed by atoms with Crippen LogP contribution < -0.4 is 5.32 Å². The third kappa shape index (κ3) is 4.10. The molecular weight excluding hydrogens is 188 g/mol. The van der Waals surface area contributed by atoms with Crippen LogP contribution in [0.5, 0.6) is 0 Å². The van der Waals surface area contributed by atoms with E-state index in [-0.39, 0.29) is 6.03 Å². The van der Waals surface area contributed by atoms with Gasteiger partial charge in [-0.2, -0.15) is 0 Å². The fraction of sp³-hybridized carbons (Fsp3) is 0.917. The number of urea groups is 1. The van der Waals surface area contributed by atoms with Crippen molar-refractivity contribution in [2.45, 2.75) is 52.5 Å². The molecule has 0 saturated carbocycles. The van der Waals surface area contributed by atoms with Crippen molar-refractivity contribution in [3.63, 3.8) is 0 Å². The van der Waals surface area contributed by atoms with E-state index in [1.807, 2.05) is 4.90 Å². The summed E-state index contributed by atoms with van der Waals surface area (Å²) >= 11 is 0. The second kappa shape index (κ2) is 5.99. The van der Waals surface area contributed by atoms with Gasteiger partial charge >= 0.3 is 6.03 Å². The standard InChI is InChI=1S/C12H24N2O/c1-4-6-11(3)13-12(15)14-8-5-7-10(2)9-14/h10-11H,4-9H2,1-3H3,(H,13,15). The number of carbonyl (C=O) groups excluding carboxylic acids is 1. The molecule has 1 heterocycles. The predicted octanol–water partition coefficient (Wildman–Crippen LogP) is 2.62. The third-order valence-electron chi connectivity index (χ3n) is 3.04. The zero-order valence-electron chi connectivity index (χ0n) is 10.3. The third-order valence-corrected chi connectivity index (χ3v) is 3.04. The van der Waals surface area contributed by atoms with E-state index in [9.17, 15) is 4.79 Å². The SMILES string of the molecule is CCCC(C)NC(=O)N1CCCC(C)C1. The van der Waals surface area contributed by atoms with Crippen LogP contribution in [0.2, 0.25) is 0 Å². The quantitative estimate of drug-likeness (QED) is 0.766. The van der Waals surface area contributed by atoms with E-state index in [2.05, 4.69) is 26.1 Å². The van der Waals surface area contributed by atoms with E-state index >= 15 is 0 Å². The first-order chi connectivity index (χ1) is 7.13. The predicted molar refractivity (Wildman–Crippen MR) is 62.9 cm³/mol. The monoisotopic (exact) mass is 212 g/mol. The maximum absolute atomic E-state index is 11.8. The fourth-order valence-corrected chi connectivity index (χ4v) is 2.18. The van der Waals surface area contributed by atoms with E-state index in [1.165, 1.54) is 6.42 Å². The Morgan fingerprint density at radius 2 is 2.33 bits per heavy atom. The topological polar surface area (TPSA) is 32.3 Å². The highest BCUT2D eigenvalue weighted by Gasteiger charge is 2.21. The molecule has 3 heteroatoms. The van der Waals surface area contributed by atoms with E-state index in [4.69, 9.17) is 0 Å². The van der Waals surface area contributed by atoms with Crippen molar-refractivity contribution in [3.8, 4) is 0 Å². The van der Waals surface area contributed by atoms with Gasteiger partial charge in [0, 0.05) is 19.1 Å². The summed E-state index contributed by atoms with van der Waals surface area (Å²) in [5, 5.41) is 3.06. The number of amides is 2. The summed E-state index contributed by atoms with van der Waals surface area (Å²) in [5.41, 5.74) is 0. The van der Waals surface area contributed by atoms with Gasteiger partial charge < -0.3 is 10.2 Å². The Labute approximate surface area is 93.2 Å². The summed E-state index contributed by atoms with van der Waals surface area (Å²) in [5.74, 6) is 0.658. The molecule has 2 atom stereocenters. The molecule has 0 spiro atoms. The minimum atomic E-state index is 0.127. The summed E-state index contributed by atoms with van der Waals surface area (Å²) in [6.07, 6.45) is 4.60. The zero-order chi connectivity index (χ0) is 11.3. The number of hydrogen-bond donors (Lipinski definition) is 1. The minimum absolute atomic E-state index is 0.127. The molecule has 88 valence electrons. The highest BCUT2D eigenvalue weighted by atomic mass is 16.2. The Balaban J connectivity index is 2.32. The van der Waals surface area contributed by atoms with Crippen molar-refractivity contribution in [2.24, 2.45) is 5.92 Å². The van der Waals surface area contributed by atoms with Gasteiger partial charge in [0.25, 0.3) is 0 Å². The molecular formula is C12H24N2O. The molecule has 1 rings (SSSR count). The Kier molecular flexibility index (Phi) is 4.92. The molecule has 1 saturated heterocycles. The van der Waals surface area contributed by atoms with E-state index in [1.54, 1.807) is 0 Å². The molecule has 2 amide bonds. The Bertz CT molecular complexity index is 206. The lowest BCUT2D eigenvalue weighted by Crippen LogP contribution is -2.47. The maximum atomic E-state index is 11.8. The van der Waals surface area contributed by atoms with Crippen LogP contribution in [-0.4, -0.2) is 30.1 Å². The number of likely N-dealkylation sites (tertiary alicyclic amines) is 1. The second-order valence-electron chi connectivity index (χ2n) is 4.83. The van der Waals surface area contributed by atoms with Gasteiger partial charge in [0.1, 0.15) is 0 Å². The summed E-state index contributed by atoms with van der Waals surface area (Å²) in [4.78, 5) is 13.8. The Morgan fingerprint density at radius 1 is 1.60 bits per heavy atom. The van der Waals surface area contributed by atoms with Crippen LogP contribution >= 0.6 is 0 Å². The average molecular weight is 212 g/mol. The van der Waals surface area contributed by atoms with Crippen molar-refractivity contribution in [3.05, 3.63) is 0 Å². The number of carbonyl (C=O) groups is 1. The molecule has 15 heavy (non-hydrogen) atoms. The normalized spacial score (nSPS) is 23.7. The van der Waals surface area contributed by atoms with E-state index < -0.39 is 0 Å². The summed E-state index contributed by atoms with van der Waals surface area (Å²) in [6, 6.07) is 0.433. The molecule has 0 bridgehead atoms. The molecule has 2 unspecified atom stereocenters. The van der Waals surface area contributed by atoms with Crippen LogP contribution in [0.4, 0.5) is 4.79 Å². The summed E-state index contributed by atoms with van der Waals surface area (Å²) < 4.78 is 0. The smallest absolute Gasteiger partial charge is 0.317 e. The molecule has 1 aliphatic rings. The van der Waals surface area contributed by atoms with Crippen molar-refractivity contribution in [1.29, 1.82) is 0 Å². The van der Waals surface area contributed by atoms with Crippen LogP contribution in [0.1, 0.15) is 46.5 Å². The Hall–Kier alpha value is -0.730. The van der Waals surface area contributed by atoms with Crippen LogP contribution in [0.25, 0.3) is 0 Å². The first kappa shape index (κ1) is 12.3. The number of nitrogens with zero attached hydrogens (tertiary/aromatic N) is 1. The first-order valence-electron chi connectivity index (χ1n) is 6.19. The van der Waals surface area contributed by atoms with Crippen molar-refractivity contribution in [1.82, 2.24) is 10.2 Å². The average Bonchev–Trinajstić information content (AvgIpc) is 2.18. The van der Waals surface area contributed by atoms with Gasteiger partial charge in [-0.05, 0) is 32.1 Å². The molecule has 3 nitrogen and oxygen atoms in total. The molecule has 1 N–H and O–H groups in total. The maximum Gasteiger partial charge on any atom is 0.317 e. The van der Waals surface area contributed by atoms with Gasteiger partial charge in [0.15, 0.2) is 0 Å². The molecule has 0 aliphatic carbocycles. The van der Waals surface area contributed by atoms with E-state index in [0.29, 0.717) is 12.0 Å². The van der Waals surface area contributed by atoms with Crippen LogP contribution in [0, 0.1) is 5.92 Å². The minimum Gasteiger partial charge on any atom is -0.336 e. The lowest BCUT2D eigenvalue weighted by molar-refractivity contribution is 0.166. The summed E-state index contributed by atoms with van der Waals surface area (Å²) in [6.45, 7) is 8.29. The molecule has 0 aromatic carbocycles. The van der Waals surface area contributed by atoms with Crippen molar-refractivity contribution >= 4 is 6.03 Å². The number of nitrogens with one attached hydrogen (secondary N) is 1. The van der Waals surface area contributed by atoms with Crippen molar-refractivity contribution in [2.75, 3.05) is 13.1 Å². The molecule has 1 aliphatic heterocycles. The van der Waals surface area contributed by atoms with Gasteiger partial charge in [-0.3, -0.25) is 0 Å². The Morgan fingerprint density at radius 3 is 2.93 bits per heavy atom. The van der Waals surface area contributed by atoms with Crippen LogP contribution in [0.15, 0.2) is 0 Å². The van der Waals surface area contributed by atoms with E-state index in [0.717, 1.165) is 32.4 Å². The highest BCUT2D eigenvalue weighted by Crippen LogP contribution is 2.15. The molecule has 0 aromatic heterocycles. The second-order valence-corrected chi connectivity index (χ2v) is 4.83. The fourth-order valence-electron chi connectivity index (χ4n) is 2.18. The highest BCUT2D eigenvalue weighted by molar-refractivity contribution is 5.74. The van der Waals surface area contributed by atoms with Gasteiger partial charge in [0.05, 0.1) is 0 Å². The van der Waals surface area contributed by atoms with Crippen LogP contribution in [0.3, 0.4) is 0 Å². The van der Waals surface area contributed by atoms with Gasteiger partial charge in [-0.15, -0.1) is 0 Å². The van der Waals surface area contributed by atoms with Crippen molar-refractivity contribution < 1.29 is 4.79 Å². The molecule has 1 fully saturated rings. The zero-order valence-corrected chi connectivity index (χ0v) is 10.3. The number of hydrogen-bond acceptors (Lipinski definition) is 1. The lowest BCUT2D eigenvalue weighted by Gasteiger charge is -2.32. The van der Waals surface area contributed by atoms with Gasteiger partial charge in [-0.1, -0.05) is 20.3 Å². The number of rotatable bonds is 3. The largest absolute Gasteiger partial charge is 0.336 e. The molecule has 0 aromatic rings. The summed E-state index contributed by atoms with van der Waals surface area (Å²) in [7, 11) is 0. The first-order valence-corrected chi connectivity index (χ1v) is 6.19. The molecule has 0 radical (unpaired) electrons. The number of piperidine rings is 1. The van der Waals surface area contributed by atoms with Gasteiger partial charge in [0.2, 0.25) is 0 Å².